The van der Waals surface area contributed by atoms with Gasteiger partial charge in [0.15, 0.2) is 5.58 Å². The lowest BCUT2D eigenvalue weighted by Gasteiger charge is -2.36. The normalized spacial score (nSPS) is 14.6. The molecule has 3 aromatic rings. The molecule has 1 aliphatic rings. The predicted octanol–water partition coefficient (Wildman–Crippen LogP) is 3.52. The summed E-state index contributed by atoms with van der Waals surface area (Å²) in [7, 11) is 0. The number of fused-ring (bicyclic) bond motifs is 1. The van der Waals surface area contributed by atoms with Crippen molar-refractivity contribution in [3.05, 3.63) is 63.9 Å². The van der Waals surface area contributed by atoms with E-state index in [0.29, 0.717) is 61.7 Å². The molecule has 0 unspecified atom stereocenters. The van der Waals surface area contributed by atoms with Crippen LogP contribution < -0.4 is 10.7 Å². The zero-order valence-corrected chi connectivity index (χ0v) is 16.6. The van der Waals surface area contributed by atoms with E-state index in [2.05, 4.69) is 4.90 Å². The minimum atomic E-state index is -0.442. The molecule has 0 N–H and O–H groups in total. The Morgan fingerprint density at radius 2 is 1.79 bits per heavy atom. The van der Waals surface area contributed by atoms with E-state index in [4.69, 9.17) is 16.0 Å². The topological polar surface area (TPSA) is 58.7 Å². The summed E-state index contributed by atoms with van der Waals surface area (Å²) in [6.07, 6.45) is 0.897. The number of hydrogen-bond acceptors (Lipinski definition) is 4. The Morgan fingerprint density at radius 3 is 2.52 bits per heavy atom. The molecule has 0 radical (unpaired) electrons. The van der Waals surface area contributed by atoms with Crippen LogP contribution in [0.3, 0.4) is 0 Å². The molecule has 152 valence electrons. The van der Waals surface area contributed by atoms with Crippen LogP contribution >= 0.6 is 11.6 Å². The Kier molecular flexibility index (Phi) is 5.58. The second-order valence-corrected chi connectivity index (χ2v) is 7.52. The molecule has 1 saturated heterocycles. The van der Waals surface area contributed by atoms with Crippen LogP contribution in [0.1, 0.15) is 12.8 Å². The van der Waals surface area contributed by atoms with E-state index in [1.165, 1.54) is 16.7 Å². The van der Waals surface area contributed by atoms with Gasteiger partial charge in [-0.15, -0.1) is 0 Å². The lowest BCUT2D eigenvalue weighted by molar-refractivity contribution is -0.131. The zero-order valence-electron chi connectivity index (χ0n) is 15.8. The lowest BCUT2D eigenvalue weighted by atomic mass is 10.2. The molecule has 8 heteroatoms. The van der Waals surface area contributed by atoms with E-state index in [0.717, 1.165) is 5.69 Å². The highest BCUT2D eigenvalue weighted by Crippen LogP contribution is 2.20. The second-order valence-electron chi connectivity index (χ2n) is 7.08. The maximum atomic E-state index is 13.1. The van der Waals surface area contributed by atoms with Gasteiger partial charge in [-0.1, -0.05) is 11.6 Å². The summed E-state index contributed by atoms with van der Waals surface area (Å²) >= 11 is 6.01. The Labute approximate surface area is 172 Å². The van der Waals surface area contributed by atoms with Crippen LogP contribution in [-0.4, -0.2) is 41.6 Å². The van der Waals surface area contributed by atoms with E-state index in [1.807, 2.05) is 4.90 Å². The molecule has 0 aliphatic carbocycles. The Hall–Kier alpha value is -2.80. The van der Waals surface area contributed by atoms with Crippen molar-refractivity contribution in [2.45, 2.75) is 19.4 Å². The van der Waals surface area contributed by atoms with Gasteiger partial charge in [-0.05, 0) is 48.9 Å². The fraction of sp³-hybridized carbons (Fsp3) is 0.333. The lowest BCUT2D eigenvalue weighted by Crippen LogP contribution is -2.48. The number of piperazine rings is 1. The van der Waals surface area contributed by atoms with Gasteiger partial charge in [-0.2, -0.15) is 0 Å². The fourth-order valence-electron chi connectivity index (χ4n) is 3.66. The van der Waals surface area contributed by atoms with Crippen molar-refractivity contribution in [2.24, 2.45) is 0 Å². The molecule has 4 rings (SSSR count). The minimum Gasteiger partial charge on any atom is -0.408 e. The van der Waals surface area contributed by atoms with Gasteiger partial charge >= 0.3 is 5.76 Å². The number of hydrogen-bond donors (Lipinski definition) is 0. The number of benzene rings is 2. The van der Waals surface area contributed by atoms with Crippen molar-refractivity contribution in [1.29, 1.82) is 0 Å². The number of nitrogens with zero attached hydrogens (tertiary/aromatic N) is 3. The van der Waals surface area contributed by atoms with Crippen LogP contribution in [0.25, 0.3) is 11.1 Å². The number of carbonyl (C=O) groups excluding carboxylic acids is 1. The van der Waals surface area contributed by atoms with Crippen LogP contribution in [0.4, 0.5) is 10.1 Å². The van der Waals surface area contributed by atoms with Crippen molar-refractivity contribution >= 4 is 34.3 Å². The van der Waals surface area contributed by atoms with Crippen LogP contribution in [0, 0.1) is 5.82 Å². The molecule has 0 spiro atoms. The van der Waals surface area contributed by atoms with E-state index in [1.54, 1.807) is 30.3 Å². The molecule has 2 aromatic carbocycles. The van der Waals surface area contributed by atoms with Gasteiger partial charge in [-0.3, -0.25) is 9.36 Å². The molecule has 1 amide bonds. The monoisotopic (exact) mass is 417 g/mol. The Balaban J connectivity index is 1.30. The van der Waals surface area contributed by atoms with Gasteiger partial charge in [0.05, 0.1) is 5.52 Å². The first-order chi connectivity index (χ1) is 14.0. The third-order valence-corrected chi connectivity index (χ3v) is 5.46. The minimum absolute atomic E-state index is 0.0719. The maximum Gasteiger partial charge on any atom is 0.419 e. The van der Waals surface area contributed by atoms with Gasteiger partial charge in [-0.25, -0.2) is 9.18 Å². The molecule has 0 bridgehead atoms. The molecular formula is C21H21ClFN3O3. The first-order valence-corrected chi connectivity index (χ1v) is 9.96. The van der Waals surface area contributed by atoms with Gasteiger partial charge in [0.1, 0.15) is 5.82 Å². The van der Waals surface area contributed by atoms with Crippen molar-refractivity contribution < 1.29 is 13.6 Å². The average Bonchev–Trinajstić information content (AvgIpc) is 3.03. The van der Waals surface area contributed by atoms with Gasteiger partial charge in [0.2, 0.25) is 5.91 Å². The number of halogens is 2. The summed E-state index contributed by atoms with van der Waals surface area (Å²) in [6.45, 7) is 3.07. The number of amides is 1. The fourth-order valence-corrected chi connectivity index (χ4v) is 3.83. The summed E-state index contributed by atoms with van der Waals surface area (Å²) in [5.41, 5.74) is 2.09. The summed E-state index contributed by atoms with van der Waals surface area (Å²) in [6, 6.07) is 11.4. The first-order valence-electron chi connectivity index (χ1n) is 9.58. The quantitative estimate of drug-likeness (QED) is 0.637. The number of oxazole rings is 1. The summed E-state index contributed by atoms with van der Waals surface area (Å²) < 4.78 is 19.8. The van der Waals surface area contributed by atoms with Crippen molar-refractivity contribution in [1.82, 2.24) is 9.47 Å². The number of aromatic nitrogens is 1. The standard InChI is InChI=1S/C21H21ClFN3O3/c22-15-3-8-19-18(14-15)26(21(28)29-19)9-1-2-20(27)25-12-10-24(11-13-25)17-6-4-16(23)5-7-17/h3-8,14H,1-2,9-13H2. The molecular weight excluding hydrogens is 397 g/mol. The highest BCUT2D eigenvalue weighted by Gasteiger charge is 2.21. The Bertz CT molecular complexity index is 1070. The summed E-state index contributed by atoms with van der Waals surface area (Å²) in [5, 5.41) is 0.530. The molecule has 0 saturated carbocycles. The highest BCUT2D eigenvalue weighted by atomic mass is 35.5. The highest BCUT2D eigenvalue weighted by molar-refractivity contribution is 6.31. The van der Waals surface area contributed by atoms with Crippen LogP contribution in [0.2, 0.25) is 5.02 Å². The van der Waals surface area contributed by atoms with Gasteiger partial charge in [0, 0.05) is 49.9 Å². The average molecular weight is 418 g/mol. The van der Waals surface area contributed by atoms with E-state index >= 15 is 0 Å². The van der Waals surface area contributed by atoms with Crippen LogP contribution in [0.15, 0.2) is 51.7 Å². The molecule has 6 nitrogen and oxygen atoms in total. The predicted molar refractivity (Wildman–Crippen MR) is 110 cm³/mol. The summed E-state index contributed by atoms with van der Waals surface area (Å²) in [4.78, 5) is 28.6. The molecule has 29 heavy (non-hydrogen) atoms. The molecule has 1 fully saturated rings. The number of carbonyl (C=O) groups is 1. The Morgan fingerprint density at radius 1 is 1.07 bits per heavy atom. The van der Waals surface area contributed by atoms with Crippen LogP contribution in [0.5, 0.6) is 0 Å². The first kappa shape index (κ1) is 19.5. The van der Waals surface area contributed by atoms with E-state index in [9.17, 15) is 14.0 Å². The van der Waals surface area contributed by atoms with Crippen molar-refractivity contribution in [3.63, 3.8) is 0 Å². The second kappa shape index (κ2) is 8.29. The van der Waals surface area contributed by atoms with Gasteiger partial charge in [0.25, 0.3) is 0 Å². The number of anilines is 1. The van der Waals surface area contributed by atoms with Gasteiger partial charge < -0.3 is 14.2 Å². The molecule has 2 heterocycles. The zero-order chi connectivity index (χ0) is 20.4. The van der Waals surface area contributed by atoms with Crippen molar-refractivity contribution in [2.75, 3.05) is 31.1 Å². The SMILES string of the molecule is O=C(CCCn1c(=O)oc2ccc(Cl)cc21)N1CCN(c2ccc(F)cc2)CC1. The number of rotatable bonds is 5. The smallest absolute Gasteiger partial charge is 0.408 e. The van der Waals surface area contributed by atoms with E-state index in [-0.39, 0.29) is 11.7 Å². The third-order valence-electron chi connectivity index (χ3n) is 5.23. The largest absolute Gasteiger partial charge is 0.419 e. The van der Waals surface area contributed by atoms with E-state index < -0.39 is 5.76 Å². The molecule has 1 aromatic heterocycles. The molecule has 1 aliphatic heterocycles. The van der Waals surface area contributed by atoms with Crippen LogP contribution in [-0.2, 0) is 11.3 Å². The molecule has 0 atom stereocenters. The number of aryl methyl sites for hydroxylation is 1. The van der Waals surface area contributed by atoms with Crippen molar-refractivity contribution in [3.8, 4) is 0 Å². The maximum absolute atomic E-state index is 13.1. The summed E-state index contributed by atoms with van der Waals surface area (Å²) in [5.74, 6) is -0.625. The third kappa shape index (κ3) is 4.29.